The van der Waals surface area contributed by atoms with Gasteiger partial charge in [-0.05, 0) is 57.1 Å². The number of aromatic carboxylic acids is 1. The number of hydrogen-bond donors (Lipinski definition) is 1. The summed E-state index contributed by atoms with van der Waals surface area (Å²) in [6, 6.07) is 10.2. The average molecular weight is 461 g/mol. The molecule has 1 aromatic carbocycles. The van der Waals surface area contributed by atoms with Crippen LogP contribution in [-0.4, -0.2) is 44.4 Å². The molecule has 2 bridgehead atoms. The van der Waals surface area contributed by atoms with Gasteiger partial charge in [-0.2, -0.15) is 0 Å². The summed E-state index contributed by atoms with van der Waals surface area (Å²) in [7, 11) is 0. The standard InChI is InChI=1S/C26H28N4O4/c1-15-4-2-3-5-20(15)23-21(24(34-29-23)16-6-7-16)14-33-19-12-17-8-9-18(13-19)30(17)26-27-11-10-22(28-26)25(31)32/h2-5,10-11,16-19H,6-9,12-14H2,1H3,(H,31,32)/t17-,18?,19-/m0/s1. The van der Waals surface area contributed by atoms with E-state index in [1.807, 2.05) is 12.1 Å². The van der Waals surface area contributed by atoms with Crippen LogP contribution in [0.15, 0.2) is 41.1 Å². The van der Waals surface area contributed by atoms with Gasteiger partial charge in [-0.3, -0.25) is 0 Å². The molecule has 2 aromatic heterocycles. The molecule has 1 aliphatic carbocycles. The molecule has 3 aliphatic rings. The normalized spacial score (nSPS) is 23.9. The van der Waals surface area contributed by atoms with E-state index in [2.05, 4.69) is 39.1 Å². The van der Waals surface area contributed by atoms with E-state index in [1.165, 1.54) is 17.8 Å². The fraction of sp³-hybridized carbons (Fsp3) is 0.462. The Labute approximate surface area is 198 Å². The zero-order chi connectivity index (χ0) is 23.2. The highest BCUT2D eigenvalue weighted by Gasteiger charge is 2.43. The Hall–Kier alpha value is -3.26. The van der Waals surface area contributed by atoms with E-state index >= 15 is 0 Å². The summed E-state index contributed by atoms with van der Waals surface area (Å²) in [4.78, 5) is 22.2. The highest BCUT2D eigenvalue weighted by molar-refractivity contribution is 5.85. The van der Waals surface area contributed by atoms with E-state index in [4.69, 9.17) is 9.26 Å². The van der Waals surface area contributed by atoms with E-state index < -0.39 is 5.97 Å². The average Bonchev–Trinajstić information content (AvgIpc) is 3.54. The molecule has 2 saturated heterocycles. The lowest BCUT2D eigenvalue weighted by atomic mass is 9.99. The molecule has 1 saturated carbocycles. The number of hydrogen-bond acceptors (Lipinski definition) is 7. The molecule has 3 fully saturated rings. The zero-order valence-electron chi connectivity index (χ0n) is 19.2. The summed E-state index contributed by atoms with van der Waals surface area (Å²) in [6.07, 6.45) is 7.79. The number of piperidine rings is 1. The number of carbonyl (C=O) groups is 1. The first kappa shape index (κ1) is 21.3. The number of carboxylic acid groups (broad SMARTS) is 1. The number of carboxylic acids is 1. The van der Waals surface area contributed by atoms with Gasteiger partial charge in [-0.1, -0.05) is 29.4 Å². The first-order valence-electron chi connectivity index (χ1n) is 12.1. The maximum absolute atomic E-state index is 11.4. The van der Waals surface area contributed by atoms with Crippen LogP contribution >= 0.6 is 0 Å². The van der Waals surface area contributed by atoms with Crippen LogP contribution in [0.4, 0.5) is 5.95 Å². The molecule has 3 atom stereocenters. The fourth-order valence-corrected chi connectivity index (χ4v) is 5.56. The topological polar surface area (TPSA) is 102 Å². The van der Waals surface area contributed by atoms with Gasteiger partial charge in [0.15, 0.2) is 5.69 Å². The molecule has 176 valence electrons. The summed E-state index contributed by atoms with van der Waals surface area (Å²) in [6.45, 7) is 2.59. The van der Waals surface area contributed by atoms with E-state index in [9.17, 15) is 9.90 Å². The third kappa shape index (κ3) is 3.86. The molecule has 0 spiro atoms. The predicted octanol–water partition coefficient (Wildman–Crippen LogP) is 4.73. The second-order valence-electron chi connectivity index (χ2n) is 9.71. The van der Waals surface area contributed by atoms with Gasteiger partial charge < -0.3 is 19.3 Å². The Balaban J connectivity index is 1.19. The van der Waals surface area contributed by atoms with Crippen molar-refractivity contribution >= 4 is 11.9 Å². The van der Waals surface area contributed by atoms with Crippen LogP contribution < -0.4 is 4.90 Å². The van der Waals surface area contributed by atoms with Crippen LogP contribution in [-0.2, 0) is 11.3 Å². The Morgan fingerprint density at radius 3 is 2.62 bits per heavy atom. The summed E-state index contributed by atoms with van der Waals surface area (Å²) >= 11 is 0. The molecule has 1 N–H and O–H groups in total. The van der Waals surface area contributed by atoms with Crippen molar-refractivity contribution in [3.05, 3.63) is 59.1 Å². The summed E-state index contributed by atoms with van der Waals surface area (Å²) in [5.41, 5.74) is 4.30. The van der Waals surface area contributed by atoms with Gasteiger partial charge in [0.25, 0.3) is 0 Å². The van der Waals surface area contributed by atoms with E-state index in [1.54, 1.807) is 0 Å². The van der Waals surface area contributed by atoms with Gasteiger partial charge in [0, 0.05) is 35.3 Å². The van der Waals surface area contributed by atoms with E-state index in [0.29, 0.717) is 18.5 Å². The predicted molar refractivity (Wildman–Crippen MR) is 125 cm³/mol. The SMILES string of the molecule is Cc1ccccc1-c1noc(C2CC2)c1CO[C@@H]1CC2CC[C@@H](C1)N2c1nccc(C(=O)O)n1. The molecule has 2 aliphatic heterocycles. The van der Waals surface area contributed by atoms with Gasteiger partial charge in [-0.25, -0.2) is 14.8 Å². The smallest absolute Gasteiger partial charge is 0.354 e. The molecule has 6 rings (SSSR count). The summed E-state index contributed by atoms with van der Waals surface area (Å²) in [5, 5.41) is 13.8. The molecule has 0 amide bonds. The first-order chi connectivity index (χ1) is 16.6. The maximum Gasteiger partial charge on any atom is 0.354 e. The minimum absolute atomic E-state index is 0.0339. The fourth-order valence-electron chi connectivity index (χ4n) is 5.56. The van der Waals surface area contributed by atoms with E-state index in [-0.39, 0.29) is 23.9 Å². The Kier molecular flexibility index (Phi) is 5.32. The lowest BCUT2D eigenvalue weighted by molar-refractivity contribution is 0.0144. The van der Waals surface area contributed by atoms with Crippen LogP contribution in [0.2, 0.25) is 0 Å². The molecular formula is C26H28N4O4. The summed E-state index contributed by atoms with van der Waals surface area (Å²) in [5.74, 6) is 0.930. The number of aryl methyl sites for hydroxylation is 1. The van der Waals surface area contributed by atoms with Crippen LogP contribution in [0.25, 0.3) is 11.3 Å². The van der Waals surface area contributed by atoms with Crippen molar-refractivity contribution in [3.63, 3.8) is 0 Å². The lowest BCUT2D eigenvalue weighted by Gasteiger charge is -2.38. The number of nitrogens with zero attached hydrogens (tertiary/aromatic N) is 4. The number of benzene rings is 1. The minimum Gasteiger partial charge on any atom is -0.477 e. The summed E-state index contributed by atoms with van der Waals surface area (Å²) < 4.78 is 12.3. The number of ether oxygens (including phenoxy) is 1. The molecule has 8 heteroatoms. The number of rotatable bonds is 7. The lowest BCUT2D eigenvalue weighted by Crippen LogP contribution is -2.46. The van der Waals surface area contributed by atoms with Gasteiger partial charge in [0.2, 0.25) is 5.95 Å². The van der Waals surface area contributed by atoms with Crippen LogP contribution in [0.3, 0.4) is 0 Å². The van der Waals surface area contributed by atoms with Gasteiger partial charge >= 0.3 is 5.97 Å². The van der Waals surface area contributed by atoms with Crippen molar-refractivity contribution in [2.45, 2.75) is 76.2 Å². The molecule has 34 heavy (non-hydrogen) atoms. The molecule has 4 heterocycles. The van der Waals surface area contributed by atoms with Crippen molar-refractivity contribution in [1.82, 2.24) is 15.1 Å². The number of anilines is 1. The second kappa shape index (κ2) is 8.51. The quantitative estimate of drug-likeness (QED) is 0.540. The minimum atomic E-state index is -1.03. The zero-order valence-corrected chi connectivity index (χ0v) is 19.2. The van der Waals surface area contributed by atoms with Crippen molar-refractivity contribution in [1.29, 1.82) is 0 Å². The maximum atomic E-state index is 11.4. The molecule has 0 radical (unpaired) electrons. The second-order valence-corrected chi connectivity index (χ2v) is 9.71. The number of aromatic nitrogens is 3. The van der Waals surface area contributed by atoms with Crippen LogP contribution in [0.1, 0.15) is 71.8 Å². The monoisotopic (exact) mass is 460 g/mol. The van der Waals surface area contributed by atoms with Crippen molar-refractivity contribution in [3.8, 4) is 11.3 Å². The highest BCUT2D eigenvalue weighted by Crippen LogP contribution is 2.45. The third-order valence-corrected chi connectivity index (χ3v) is 7.41. The van der Waals surface area contributed by atoms with Gasteiger partial charge in [-0.15, -0.1) is 0 Å². The number of fused-ring (bicyclic) bond motifs is 2. The highest BCUT2D eigenvalue weighted by atomic mass is 16.5. The van der Waals surface area contributed by atoms with Crippen LogP contribution in [0, 0.1) is 6.92 Å². The van der Waals surface area contributed by atoms with Crippen molar-refractivity contribution < 1.29 is 19.2 Å². The van der Waals surface area contributed by atoms with Crippen molar-refractivity contribution in [2.75, 3.05) is 4.90 Å². The Bertz CT molecular complexity index is 1210. The first-order valence-corrected chi connectivity index (χ1v) is 12.1. The molecular weight excluding hydrogens is 432 g/mol. The van der Waals surface area contributed by atoms with Gasteiger partial charge in [0.1, 0.15) is 11.5 Å². The molecule has 1 unspecified atom stereocenters. The Morgan fingerprint density at radius 2 is 1.91 bits per heavy atom. The molecule has 3 aromatic rings. The molecule has 8 nitrogen and oxygen atoms in total. The van der Waals surface area contributed by atoms with Crippen LogP contribution in [0.5, 0.6) is 0 Å². The third-order valence-electron chi connectivity index (χ3n) is 7.41. The van der Waals surface area contributed by atoms with E-state index in [0.717, 1.165) is 61.1 Å². The van der Waals surface area contributed by atoms with Gasteiger partial charge in [0.05, 0.1) is 12.7 Å². The Morgan fingerprint density at radius 1 is 1.15 bits per heavy atom. The van der Waals surface area contributed by atoms with Crippen molar-refractivity contribution in [2.24, 2.45) is 0 Å². The largest absolute Gasteiger partial charge is 0.477 e.